The van der Waals surface area contributed by atoms with Gasteiger partial charge in [-0.1, -0.05) is 35.0 Å². The van der Waals surface area contributed by atoms with Crippen LogP contribution in [0.4, 0.5) is 0 Å². The molecule has 0 saturated heterocycles. The van der Waals surface area contributed by atoms with Gasteiger partial charge in [0.05, 0.1) is 6.54 Å². The molecule has 1 aromatic heterocycles. The summed E-state index contributed by atoms with van der Waals surface area (Å²) >= 11 is 0. The first kappa shape index (κ1) is 13.5. The predicted molar refractivity (Wildman–Crippen MR) is 71.8 cm³/mol. The average molecular weight is 262 g/mol. The molecule has 0 saturated carbocycles. The fourth-order valence-corrected chi connectivity index (χ4v) is 1.96. The van der Waals surface area contributed by atoms with Crippen LogP contribution < -0.4 is 15.6 Å². The Hall–Kier alpha value is -1.88. The highest BCUT2D eigenvalue weighted by Gasteiger charge is 2.22. The lowest BCUT2D eigenvalue weighted by Gasteiger charge is -2.02. The van der Waals surface area contributed by atoms with Gasteiger partial charge in [-0.15, -0.1) is 0 Å². The van der Waals surface area contributed by atoms with Crippen molar-refractivity contribution in [3.05, 3.63) is 52.0 Å². The zero-order valence-electron chi connectivity index (χ0n) is 11.3. The number of nitrogens with zero attached hydrogens (tertiary/aromatic N) is 1. The Kier molecular flexibility index (Phi) is 4.52. The quantitative estimate of drug-likeness (QED) is 0.607. The van der Waals surface area contributed by atoms with Crippen LogP contribution >= 0.6 is 0 Å². The van der Waals surface area contributed by atoms with Crippen LogP contribution in [0.3, 0.4) is 0 Å². The molecule has 0 aliphatic carbocycles. The van der Waals surface area contributed by atoms with Gasteiger partial charge in [-0.2, -0.15) is 0 Å². The van der Waals surface area contributed by atoms with Crippen molar-refractivity contribution in [3.8, 4) is 0 Å². The van der Waals surface area contributed by atoms with E-state index in [0.717, 1.165) is 13.0 Å². The van der Waals surface area contributed by atoms with Gasteiger partial charge in [0.2, 0.25) is 0 Å². The van der Waals surface area contributed by atoms with Gasteiger partial charge in [0.25, 0.3) is 0 Å². The summed E-state index contributed by atoms with van der Waals surface area (Å²) in [5, 5.41) is 5.89. The van der Waals surface area contributed by atoms with Gasteiger partial charge in [-0.25, -0.2) is 4.79 Å². The third-order valence-electron chi connectivity index (χ3n) is 3.01. The molecule has 2 rings (SSSR count). The minimum Gasteiger partial charge on any atom is -0.307 e. The van der Waals surface area contributed by atoms with Gasteiger partial charge in [-0.3, -0.25) is 4.52 Å². The van der Waals surface area contributed by atoms with E-state index in [1.54, 1.807) is 4.68 Å². The van der Waals surface area contributed by atoms with Crippen molar-refractivity contribution >= 4 is 0 Å². The lowest BCUT2D eigenvalue weighted by atomic mass is 10.1. The lowest BCUT2D eigenvalue weighted by Crippen LogP contribution is -2.45. The van der Waals surface area contributed by atoms with E-state index >= 15 is 0 Å². The van der Waals surface area contributed by atoms with Crippen molar-refractivity contribution in [2.45, 2.75) is 32.9 Å². The monoisotopic (exact) mass is 262 g/mol. The van der Waals surface area contributed by atoms with Crippen molar-refractivity contribution in [1.29, 1.82) is 0 Å². The Morgan fingerprint density at radius 1 is 1.32 bits per heavy atom. The Balaban J connectivity index is 1.86. The molecule has 0 radical (unpaired) electrons. The van der Waals surface area contributed by atoms with Crippen LogP contribution in [0.15, 0.2) is 39.6 Å². The molecule has 2 aromatic rings. The molecule has 5 nitrogen and oxygen atoms in total. The highest BCUT2D eigenvalue weighted by molar-refractivity contribution is 5.14. The standard InChI is InChI=1S/C14H19N3O2/c1-11(2)17-13(14(18)19-16-17)10-15-9-8-12-6-4-3-5-7-12/h3-7,11,15H,8-10H2,1-2H3/p+1. The van der Waals surface area contributed by atoms with Gasteiger partial charge in [0.1, 0.15) is 0 Å². The van der Waals surface area contributed by atoms with Gasteiger partial charge >= 0.3 is 11.3 Å². The van der Waals surface area contributed by atoms with Gasteiger partial charge < -0.3 is 5.32 Å². The van der Waals surface area contributed by atoms with Crippen LogP contribution in [0.5, 0.6) is 0 Å². The number of aromatic amines is 1. The summed E-state index contributed by atoms with van der Waals surface area (Å²) in [5.41, 5.74) is 1.61. The van der Waals surface area contributed by atoms with Crippen LogP contribution in [0, 0.1) is 0 Å². The number of benzene rings is 1. The molecule has 0 unspecified atom stereocenters. The zero-order chi connectivity index (χ0) is 13.7. The van der Waals surface area contributed by atoms with Crippen molar-refractivity contribution in [2.75, 3.05) is 6.54 Å². The van der Waals surface area contributed by atoms with Gasteiger partial charge in [-0.05, 0) is 37.6 Å². The second kappa shape index (κ2) is 6.33. The molecule has 5 heteroatoms. The average Bonchev–Trinajstić information content (AvgIpc) is 2.77. The molecule has 102 valence electrons. The van der Waals surface area contributed by atoms with E-state index in [9.17, 15) is 4.79 Å². The summed E-state index contributed by atoms with van der Waals surface area (Å²) in [4.78, 5) is 11.5. The normalized spacial score (nSPS) is 11.1. The van der Waals surface area contributed by atoms with Crippen LogP contribution in [-0.4, -0.2) is 11.8 Å². The fraction of sp³-hybridized carbons (Fsp3) is 0.429. The topological polar surface area (TPSA) is 61.9 Å². The Morgan fingerprint density at radius 3 is 2.74 bits per heavy atom. The van der Waals surface area contributed by atoms with Crippen molar-refractivity contribution in [2.24, 2.45) is 0 Å². The van der Waals surface area contributed by atoms with Crippen LogP contribution in [0.2, 0.25) is 0 Å². The summed E-state index contributed by atoms with van der Waals surface area (Å²) < 4.78 is 6.56. The molecule has 0 bridgehead atoms. The molecular weight excluding hydrogens is 242 g/mol. The van der Waals surface area contributed by atoms with Crippen LogP contribution in [0.1, 0.15) is 31.1 Å². The first-order valence-corrected chi connectivity index (χ1v) is 6.55. The van der Waals surface area contributed by atoms with Crippen LogP contribution in [-0.2, 0) is 13.0 Å². The molecule has 0 aliphatic rings. The lowest BCUT2D eigenvalue weighted by molar-refractivity contribution is -0.785. The minimum atomic E-state index is -0.305. The second-order valence-corrected chi connectivity index (χ2v) is 4.80. The van der Waals surface area contributed by atoms with Gasteiger partial charge in [0, 0.05) is 0 Å². The molecule has 0 fully saturated rings. The third kappa shape index (κ3) is 3.54. The molecule has 2 N–H and O–H groups in total. The maximum atomic E-state index is 11.5. The molecule has 0 amide bonds. The maximum Gasteiger partial charge on any atom is 0.431 e. The summed E-state index contributed by atoms with van der Waals surface area (Å²) in [5.74, 6) is 0. The van der Waals surface area contributed by atoms with E-state index < -0.39 is 0 Å². The Labute approximate surface area is 112 Å². The number of hydrogen-bond acceptors (Lipinski definition) is 3. The SMILES string of the molecule is CC(C)[n+]1[nH]oc(=O)c1CNCCc1ccccc1. The second-order valence-electron chi connectivity index (χ2n) is 4.80. The molecular formula is C14H20N3O2+. The van der Waals surface area contributed by atoms with Crippen molar-refractivity contribution < 1.29 is 9.20 Å². The molecule has 1 aromatic carbocycles. The molecule has 0 spiro atoms. The zero-order valence-corrected chi connectivity index (χ0v) is 11.3. The summed E-state index contributed by atoms with van der Waals surface area (Å²) in [6.07, 6.45) is 0.943. The van der Waals surface area contributed by atoms with E-state index in [0.29, 0.717) is 12.2 Å². The molecule has 0 atom stereocenters. The van der Waals surface area contributed by atoms with Crippen molar-refractivity contribution in [1.82, 2.24) is 10.6 Å². The largest absolute Gasteiger partial charge is 0.431 e. The molecule has 1 heterocycles. The van der Waals surface area contributed by atoms with Crippen molar-refractivity contribution in [3.63, 3.8) is 0 Å². The van der Waals surface area contributed by atoms with E-state index in [2.05, 4.69) is 22.7 Å². The van der Waals surface area contributed by atoms with E-state index in [1.165, 1.54) is 5.56 Å². The fourth-order valence-electron chi connectivity index (χ4n) is 1.96. The minimum absolute atomic E-state index is 0.178. The number of H-pyrrole nitrogens is 1. The summed E-state index contributed by atoms with van der Waals surface area (Å²) in [7, 11) is 0. The number of aromatic nitrogens is 2. The summed E-state index contributed by atoms with van der Waals surface area (Å²) in [6, 6.07) is 10.4. The highest BCUT2D eigenvalue weighted by atomic mass is 16.5. The first-order chi connectivity index (χ1) is 9.18. The molecule has 0 aliphatic heterocycles. The van der Waals surface area contributed by atoms with Crippen LogP contribution in [0.25, 0.3) is 0 Å². The Morgan fingerprint density at radius 2 is 2.05 bits per heavy atom. The van der Waals surface area contributed by atoms with E-state index in [4.69, 9.17) is 4.52 Å². The predicted octanol–water partition coefficient (Wildman–Crippen LogP) is 1.17. The smallest absolute Gasteiger partial charge is 0.307 e. The van der Waals surface area contributed by atoms with E-state index in [-0.39, 0.29) is 11.7 Å². The molecule has 19 heavy (non-hydrogen) atoms. The third-order valence-corrected chi connectivity index (χ3v) is 3.01. The number of nitrogens with one attached hydrogen (secondary N) is 2. The summed E-state index contributed by atoms with van der Waals surface area (Å²) in [6.45, 7) is 5.33. The van der Waals surface area contributed by atoms with Gasteiger partial charge in [0.15, 0.2) is 6.04 Å². The highest BCUT2D eigenvalue weighted by Crippen LogP contribution is 1.98. The number of rotatable bonds is 6. The maximum absolute atomic E-state index is 11.5. The number of hydrogen-bond donors (Lipinski definition) is 2. The van der Waals surface area contributed by atoms with E-state index in [1.807, 2.05) is 32.0 Å². The Bertz CT molecular complexity index is 558. The first-order valence-electron chi connectivity index (χ1n) is 6.55.